The van der Waals surface area contributed by atoms with Crippen molar-refractivity contribution in [2.45, 2.75) is 45.4 Å². The Labute approximate surface area is 109 Å². The molecule has 0 bridgehead atoms. The van der Waals surface area contributed by atoms with E-state index >= 15 is 0 Å². The normalized spacial score (nSPS) is 18.3. The summed E-state index contributed by atoms with van der Waals surface area (Å²) in [6, 6.07) is 3.78. The Morgan fingerprint density at radius 3 is 2.11 bits per heavy atom. The average Bonchev–Trinajstić information content (AvgIpc) is 2.99. The van der Waals surface area contributed by atoms with E-state index < -0.39 is 17.9 Å². The molecule has 5 heteroatoms. The topological polar surface area (TPSA) is 9.23 Å². The van der Waals surface area contributed by atoms with Crippen LogP contribution in [0.1, 0.15) is 39.2 Å². The lowest BCUT2D eigenvalue weighted by Crippen LogP contribution is -2.26. The minimum atomic E-state index is -4.88. The molecule has 0 aliphatic heterocycles. The zero-order valence-corrected chi connectivity index (χ0v) is 11.1. The second-order valence-electron chi connectivity index (χ2n) is 6.03. The van der Waals surface area contributed by atoms with Crippen LogP contribution >= 0.6 is 0 Å². The number of hydrogen-bond acceptors (Lipinski definition) is 1. The highest BCUT2D eigenvalue weighted by atomic mass is 19.4. The fraction of sp³-hybridized carbons (Fsp3) is 0.571. The molecule has 1 aliphatic rings. The van der Waals surface area contributed by atoms with E-state index in [4.69, 9.17) is 0 Å². The maximum Gasteiger partial charge on any atom is 0.573 e. The molecule has 19 heavy (non-hydrogen) atoms. The number of halogens is 4. The summed E-state index contributed by atoms with van der Waals surface area (Å²) in [7, 11) is 0. The Hall–Kier alpha value is -1.26. The van der Waals surface area contributed by atoms with Crippen molar-refractivity contribution in [3.63, 3.8) is 0 Å². The van der Waals surface area contributed by atoms with E-state index in [1.54, 1.807) is 6.07 Å². The highest BCUT2D eigenvalue weighted by Gasteiger charge is 2.53. The Bertz CT molecular complexity index is 481. The SMILES string of the molecule is CC(C)(C)C1(c2ccc(F)c(OC(F)(F)F)c2)CC1. The lowest BCUT2D eigenvalue weighted by molar-refractivity contribution is -0.275. The maximum absolute atomic E-state index is 13.4. The van der Waals surface area contributed by atoms with Crippen LogP contribution in [-0.4, -0.2) is 6.36 Å². The first-order chi connectivity index (χ1) is 8.55. The molecule has 0 amide bonds. The van der Waals surface area contributed by atoms with Crippen LogP contribution in [-0.2, 0) is 5.41 Å². The third-order valence-corrected chi connectivity index (χ3v) is 3.90. The van der Waals surface area contributed by atoms with Crippen LogP contribution in [0.4, 0.5) is 17.6 Å². The van der Waals surface area contributed by atoms with E-state index in [1.165, 1.54) is 6.07 Å². The van der Waals surface area contributed by atoms with Gasteiger partial charge in [-0.15, -0.1) is 13.2 Å². The molecule has 0 N–H and O–H groups in total. The molecule has 1 nitrogen and oxygen atoms in total. The molecule has 1 aliphatic carbocycles. The molecule has 0 aromatic heterocycles. The van der Waals surface area contributed by atoms with Gasteiger partial charge in [-0.25, -0.2) is 4.39 Å². The quantitative estimate of drug-likeness (QED) is 0.705. The van der Waals surface area contributed by atoms with Gasteiger partial charge in [0.1, 0.15) is 0 Å². The van der Waals surface area contributed by atoms with Gasteiger partial charge in [0, 0.05) is 5.41 Å². The van der Waals surface area contributed by atoms with Crippen molar-refractivity contribution in [2.24, 2.45) is 5.41 Å². The first-order valence-electron chi connectivity index (χ1n) is 6.11. The molecule has 0 atom stereocenters. The Morgan fingerprint density at radius 1 is 1.11 bits per heavy atom. The van der Waals surface area contributed by atoms with Crippen molar-refractivity contribution in [2.75, 3.05) is 0 Å². The number of rotatable bonds is 2. The van der Waals surface area contributed by atoms with Crippen molar-refractivity contribution in [1.29, 1.82) is 0 Å². The lowest BCUT2D eigenvalue weighted by Gasteiger charge is -2.31. The second-order valence-corrected chi connectivity index (χ2v) is 6.03. The fourth-order valence-electron chi connectivity index (χ4n) is 2.60. The Balaban J connectivity index is 2.37. The molecule has 106 valence electrons. The van der Waals surface area contributed by atoms with Gasteiger partial charge in [0.25, 0.3) is 0 Å². The third kappa shape index (κ3) is 2.69. The first-order valence-corrected chi connectivity index (χ1v) is 6.11. The van der Waals surface area contributed by atoms with Gasteiger partial charge in [0.05, 0.1) is 0 Å². The summed E-state index contributed by atoms with van der Waals surface area (Å²) < 4.78 is 53.7. The Morgan fingerprint density at radius 2 is 1.68 bits per heavy atom. The monoisotopic (exact) mass is 276 g/mol. The zero-order valence-electron chi connectivity index (χ0n) is 11.1. The molecular weight excluding hydrogens is 260 g/mol. The van der Waals surface area contributed by atoms with Crippen molar-refractivity contribution in [3.05, 3.63) is 29.6 Å². The minimum absolute atomic E-state index is 0.0830. The largest absolute Gasteiger partial charge is 0.573 e. The van der Waals surface area contributed by atoms with Crippen molar-refractivity contribution >= 4 is 0 Å². The summed E-state index contributed by atoms with van der Waals surface area (Å²) in [4.78, 5) is 0. The highest BCUT2D eigenvalue weighted by Crippen LogP contribution is 2.60. The van der Waals surface area contributed by atoms with Crippen LogP contribution in [0.25, 0.3) is 0 Å². The van der Waals surface area contributed by atoms with Gasteiger partial charge in [-0.3, -0.25) is 0 Å². The van der Waals surface area contributed by atoms with E-state index in [0.29, 0.717) is 5.56 Å². The van der Waals surface area contributed by atoms with Crippen molar-refractivity contribution in [3.8, 4) is 5.75 Å². The van der Waals surface area contributed by atoms with Crippen molar-refractivity contribution < 1.29 is 22.3 Å². The van der Waals surface area contributed by atoms with Gasteiger partial charge in [0.15, 0.2) is 11.6 Å². The van der Waals surface area contributed by atoms with Crippen LogP contribution in [0.2, 0.25) is 0 Å². The fourth-order valence-corrected chi connectivity index (χ4v) is 2.60. The van der Waals surface area contributed by atoms with Gasteiger partial charge in [-0.05, 0) is 36.0 Å². The lowest BCUT2D eigenvalue weighted by atomic mass is 9.73. The van der Waals surface area contributed by atoms with Crippen LogP contribution in [0.5, 0.6) is 5.75 Å². The predicted octanol–water partition coefficient (Wildman–Crippen LogP) is 4.80. The van der Waals surface area contributed by atoms with Gasteiger partial charge >= 0.3 is 6.36 Å². The molecular formula is C14H16F4O. The standard InChI is InChI=1S/C14H16F4O/c1-12(2,3)13(6-7-13)9-4-5-10(15)11(8-9)19-14(16,17)18/h4-5,8H,6-7H2,1-3H3. The number of hydrogen-bond donors (Lipinski definition) is 0. The first kappa shape index (κ1) is 14.2. The molecule has 2 rings (SSSR count). The highest BCUT2D eigenvalue weighted by molar-refractivity contribution is 5.40. The van der Waals surface area contributed by atoms with Gasteiger partial charge in [-0.2, -0.15) is 0 Å². The molecule has 1 aromatic rings. The van der Waals surface area contributed by atoms with E-state index in [1.807, 2.05) is 20.8 Å². The van der Waals surface area contributed by atoms with Crippen LogP contribution in [0.15, 0.2) is 18.2 Å². The number of benzene rings is 1. The molecule has 1 fully saturated rings. The van der Waals surface area contributed by atoms with Gasteiger partial charge in [-0.1, -0.05) is 26.8 Å². The number of alkyl halides is 3. The van der Waals surface area contributed by atoms with E-state index in [0.717, 1.165) is 18.9 Å². The molecule has 1 aromatic carbocycles. The van der Waals surface area contributed by atoms with Gasteiger partial charge in [0.2, 0.25) is 0 Å². The Kier molecular flexibility index (Phi) is 3.07. The molecule has 1 saturated carbocycles. The molecule has 0 heterocycles. The second kappa shape index (κ2) is 4.12. The summed E-state index contributed by atoms with van der Waals surface area (Å²) in [5, 5.41) is 0. The van der Waals surface area contributed by atoms with E-state index in [-0.39, 0.29) is 10.8 Å². The van der Waals surface area contributed by atoms with Crippen molar-refractivity contribution in [1.82, 2.24) is 0 Å². The molecule has 0 spiro atoms. The molecule has 0 radical (unpaired) electrons. The van der Waals surface area contributed by atoms with E-state index in [9.17, 15) is 17.6 Å². The molecule has 0 saturated heterocycles. The summed E-state index contributed by atoms with van der Waals surface area (Å²) in [6.45, 7) is 6.11. The maximum atomic E-state index is 13.4. The molecule has 0 unspecified atom stereocenters. The van der Waals surface area contributed by atoms with Gasteiger partial charge < -0.3 is 4.74 Å². The summed E-state index contributed by atoms with van der Waals surface area (Å²) in [5.41, 5.74) is 0.450. The minimum Gasteiger partial charge on any atom is -0.403 e. The third-order valence-electron chi connectivity index (χ3n) is 3.90. The van der Waals surface area contributed by atoms with Crippen LogP contribution < -0.4 is 4.74 Å². The summed E-state index contributed by atoms with van der Waals surface area (Å²) in [5.74, 6) is -1.74. The van der Waals surface area contributed by atoms with E-state index in [2.05, 4.69) is 4.74 Å². The predicted molar refractivity (Wildman–Crippen MR) is 63.5 cm³/mol. The van der Waals surface area contributed by atoms with Crippen LogP contribution in [0.3, 0.4) is 0 Å². The zero-order chi connectivity index (χ0) is 14.5. The van der Waals surface area contributed by atoms with Crippen LogP contribution in [0, 0.1) is 11.2 Å². The number of ether oxygens (including phenoxy) is 1. The summed E-state index contributed by atoms with van der Waals surface area (Å²) in [6.07, 6.45) is -3.08. The summed E-state index contributed by atoms with van der Waals surface area (Å²) >= 11 is 0. The smallest absolute Gasteiger partial charge is 0.403 e. The average molecular weight is 276 g/mol.